The van der Waals surface area contributed by atoms with Crippen LogP contribution in [0.25, 0.3) is 0 Å². The predicted octanol–water partition coefficient (Wildman–Crippen LogP) is 0.852. The van der Waals surface area contributed by atoms with Crippen LogP contribution in [0, 0.1) is 0 Å². The molecule has 1 fully saturated rings. The van der Waals surface area contributed by atoms with Crippen LogP contribution in [-0.4, -0.2) is 38.5 Å². The van der Waals surface area contributed by atoms with E-state index in [-0.39, 0.29) is 6.04 Å². The molecule has 16 heavy (non-hydrogen) atoms. The molecular formula is C9H18N2O4S. The summed E-state index contributed by atoms with van der Waals surface area (Å²) in [6.07, 6.45) is 2.52. The summed E-state index contributed by atoms with van der Waals surface area (Å²) in [7, 11) is -2.61. The first-order valence-electron chi connectivity index (χ1n) is 5.38. The van der Waals surface area contributed by atoms with E-state index in [0.717, 1.165) is 32.8 Å². The Morgan fingerprint density at radius 2 is 2.19 bits per heavy atom. The van der Waals surface area contributed by atoms with Crippen molar-refractivity contribution in [1.82, 2.24) is 9.03 Å². The highest BCUT2D eigenvalue weighted by Crippen LogP contribution is 2.21. The third-order valence-corrected chi connectivity index (χ3v) is 4.27. The third-order valence-electron chi connectivity index (χ3n) is 2.75. The lowest BCUT2D eigenvalue weighted by molar-refractivity contribution is 0.175. The van der Waals surface area contributed by atoms with E-state index in [4.69, 9.17) is 0 Å². The first-order valence-corrected chi connectivity index (χ1v) is 6.82. The molecule has 1 heterocycles. The number of nitrogens with one attached hydrogen (secondary N) is 1. The second-order valence-electron chi connectivity index (χ2n) is 3.77. The van der Waals surface area contributed by atoms with Gasteiger partial charge < -0.3 is 4.74 Å². The maximum absolute atomic E-state index is 11.8. The molecule has 1 rings (SSSR count). The van der Waals surface area contributed by atoms with Crippen LogP contribution in [0.5, 0.6) is 0 Å². The molecule has 1 aliphatic rings. The average molecular weight is 250 g/mol. The summed E-state index contributed by atoms with van der Waals surface area (Å²) >= 11 is 0. The number of amides is 1. The number of piperidine rings is 1. The van der Waals surface area contributed by atoms with E-state index in [2.05, 4.69) is 4.74 Å². The standard InChI is InChI=1S/C9H18N2O4S/c1-3-8-6-4-5-7-11(8)16(13,14)10-9(12)15-2/h8H,3-7H2,1-2H3,(H,10,12)/t8-/m1/s1. The van der Waals surface area contributed by atoms with E-state index in [0.29, 0.717) is 6.54 Å². The molecule has 94 valence electrons. The van der Waals surface area contributed by atoms with Crippen LogP contribution in [0.4, 0.5) is 4.79 Å². The van der Waals surface area contributed by atoms with Crippen molar-refractivity contribution in [3.8, 4) is 0 Å². The molecule has 1 N–H and O–H groups in total. The molecule has 0 aromatic heterocycles. The van der Waals surface area contributed by atoms with Crippen LogP contribution < -0.4 is 4.72 Å². The minimum atomic E-state index is -3.75. The van der Waals surface area contributed by atoms with Gasteiger partial charge in [-0.1, -0.05) is 13.3 Å². The zero-order chi connectivity index (χ0) is 12.2. The Kier molecular flexibility index (Phi) is 4.55. The van der Waals surface area contributed by atoms with Gasteiger partial charge in [-0.05, 0) is 19.3 Å². The lowest BCUT2D eigenvalue weighted by Gasteiger charge is -2.33. The summed E-state index contributed by atoms with van der Waals surface area (Å²) < 4.78 is 31.2. The Morgan fingerprint density at radius 1 is 1.50 bits per heavy atom. The molecular weight excluding hydrogens is 232 g/mol. The lowest BCUT2D eigenvalue weighted by Crippen LogP contribution is -2.50. The minimum absolute atomic E-state index is 0.0177. The van der Waals surface area contributed by atoms with Crippen LogP contribution in [0.1, 0.15) is 32.6 Å². The van der Waals surface area contributed by atoms with E-state index in [1.165, 1.54) is 4.31 Å². The molecule has 7 heteroatoms. The van der Waals surface area contributed by atoms with Crippen molar-refractivity contribution in [3.63, 3.8) is 0 Å². The molecule has 0 bridgehead atoms. The van der Waals surface area contributed by atoms with Gasteiger partial charge in [-0.3, -0.25) is 0 Å². The van der Waals surface area contributed by atoms with Gasteiger partial charge in [-0.25, -0.2) is 9.52 Å². The van der Waals surface area contributed by atoms with Crippen LogP contribution in [-0.2, 0) is 14.9 Å². The quantitative estimate of drug-likeness (QED) is 0.805. The highest BCUT2D eigenvalue weighted by atomic mass is 32.2. The van der Waals surface area contributed by atoms with Gasteiger partial charge >= 0.3 is 16.3 Å². The van der Waals surface area contributed by atoms with Gasteiger partial charge in [0, 0.05) is 12.6 Å². The molecule has 1 atom stereocenters. The van der Waals surface area contributed by atoms with Gasteiger partial charge in [0.2, 0.25) is 0 Å². The number of hydrogen-bond acceptors (Lipinski definition) is 4. The van der Waals surface area contributed by atoms with Crippen molar-refractivity contribution in [1.29, 1.82) is 0 Å². The molecule has 1 amide bonds. The third kappa shape index (κ3) is 3.08. The smallest absolute Gasteiger partial charge is 0.421 e. The summed E-state index contributed by atoms with van der Waals surface area (Å²) in [5.74, 6) is 0. The molecule has 0 spiro atoms. The Morgan fingerprint density at radius 3 is 2.75 bits per heavy atom. The van der Waals surface area contributed by atoms with Gasteiger partial charge in [0.15, 0.2) is 0 Å². The molecule has 0 unspecified atom stereocenters. The number of carbonyl (C=O) groups excluding carboxylic acids is 1. The zero-order valence-corrected chi connectivity index (χ0v) is 10.4. The molecule has 0 aromatic rings. The second kappa shape index (κ2) is 5.49. The van der Waals surface area contributed by atoms with E-state index in [9.17, 15) is 13.2 Å². The fourth-order valence-corrected chi connectivity index (χ4v) is 3.33. The first kappa shape index (κ1) is 13.2. The minimum Gasteiger partial charge on any atom is -0.452 e. The van der Waals surface area contributed by atoms with Crippen LogP contribution in [0.2, 0.25) is 0 Å². The van der Waals surface area contributed by atoms with E-state index >= 15 is 0 Å². The molecule has 0 radical (unpaired) electrons. The van der Waals surface area contributed by atoms with Crippen LogP contribution >= 0.6 is 0 Å². The fourth-order valence-electron chi connectivity index (χ4n) is 1.90. The lowest BCUT2D eigenvalue weighted by atomic mass is 10.0. The highest BCUT2D eigenvalue weighted by Gasteiger charge is 2.32. The van der Waals surface area contributed by atoms with Gasteiger partial charge in [0.1, 0.15) is 0 Å². The Balaban J connectivity index is 2.76. The summed E-state index contributed by atoms with van der Waals surface area (Å²) in [6, 6.07) is -0.0177. The van der Waals surface area contributed by atoms with E-state index in [1.807, 2.05) is 11.6 Å². The monoisotopic (exact) mass is 250 g/mol. The Labute approximate surface area is 96.1 Å². The summed E-state index contributed by atoms with van der Waals surface area (Å²) in [5.41, 5.74) is 0. The van der Waals surface area contributed by atoms with E-state index < -0.39 is 16.3 Å². The van der Waals surface area contributed by atoms with Crippen LogP contribution in [0.3, 0.4) is 0 Å². The molecule has 6 nitrogen and oxygen atoms in total. The number of hydrogen-bond donors (Lipinski definition) is 1. The maximum atomic E-state index is 11.8. The van der Waals surface area contributed by atoms with Crippen molar-refractivity contribution in [2.24, 2.45) is 0 Å². The molecule has 0 saturated carbocycles. The van der Waals surface area contributed by atoms with Gasteiger partial charge in [0.25, 0.3) is 0 Å². The first-order chi connectivity index (χ1) is 7.51. The molecule has 1 saturated heterocycles. The topological polar surface area (TPSA) is 75.7 Å². The largest absolute Gasteiger partial charge is 0.452 e. The van der Waals surface area contributed by atoms with Gasteiger partial charge in [-0.15, -0.1) is 0 Å². The van der Waals surface area contributed by atoms with E-state index in [1.54, 1.807) is 0 Å². The van der Waals surface area contributed by atoms with Crippen molar-refractivity contribution in [2.75, 3.05) is 13.7 Å². The second-order valence-corrected chi connectivity index (χ2v) is 5.39. The number of ether oxygens (including phenoxy) is 1. The Bertz CT molecular complexity index is 341. The number of nitrogens with zero attached hydrogens (tertiary/aromatic N) is 1. The maximum Gasteiger partial charge on any atom is 0.421 e. The molecule has 0 aromatic carbocycles. The van der Waals surface area contributed by atoms with Crippen LogP contribution in [0.15, 0.2) is 0 Å². The fraction of sp³-hybridized carbons (Fsp3) is 0.889. The Hall–Kier alpha value is -0.820. The van der Waals surface area contributed by atoms with Gasteiger partial charge in [0.05, 0.1) is 7.11 Å². The number of methoxy groups -OCH3 is 1. The normalized spacial score (nSPS) is 22.8. The molecule has 0 aliphatic carbocycles. The SMILES string of the molecule is CC[C@@H]1CCCCN1S(=O)(=O)NC(=O)OC. The molecule has 1 aliphatic heterocycles. The number of carbonyl (C=O) groups is 1. The van der Waals surface area contributed by atoms with Gasteiger partial charge in [-0.2, -0.15) is 12.7 Å². The van der Waals surface area contributed by atoms with Crippen molar-refractivity contribution >= 4 is 16.3 Å². The van der Waals surface area contributed by atoms with Crippen molar-refractivity contribution in [2.45, 2.75) is 38.6 Å². The zero-order valence-electron chi connectivity index (χ0n) is 9.60. The van der Waals surface area contributed by atoms with Crippen molar-refractivity contribution < 1.29 is 17.9 Å². The average Bonchev–Trinajstić information content (AvgIpc) is 2.28. The highest BCUT2D eigenvalue weighted by molar-refractivity contribution is 7.87. The summed E-state index contributed by atoms with van der Waals surface area (Å²) in [6.45, 7) is 2.40. The predicted molar refractivity (Wildman–Crippen MR) is 59.1 cm³/mol. The summed E-state index contributed by atoms with van der Waals surface area (Å²) in [5, 5.41) is 0. The number of rotatable bonds is 3. The van der Waals surface area contributed by atoms with Crippen molar-refractivity contribution in [3.05, 3.63) is 0 Å². The summed E-state index contributed by atoms with van der Waals surface area (Å²) in [4.78, 5) is 10.9.